The lowest BCUT2D eigenvalue weighted by atomic mass is 9.94. The number of aromatic nitrogens is 1. The Kier molecular flexibility index (Phi) is 5.33. The van der Waals surface area contributed by atoms with Crippen LogP contribution >= 0.6 is 0 Å². The first kappa shape index (κ1) is 17.1. The first-order valence-corrected chi connectivity index (χ1v) is 8.52. The third kappa shape index (κ3) is 3.38. The number of hydrogen-bond donors (Lipinski definition) is 1. The molecule has 1 atom stereocenters. The second kappa shape index (κ2) is 7.47. The maximum atomic E-state index is 11.4. The molecular weight excluding hydrogens is 304 g/mol. The van der Waals surface area contributed by atoms with E-state index in [2.05, 4.69) is 34.1 Å². The normalized spacial score (nSPS) is 18.2. The summed E-state index contributed by atoms with van der Waals surface area (Å²) in [5.41, 5.74) is 3.80. The van der Waals surface area contributed by atoms with E-state index < -0.39 is 0 Å². The highest BCUT2D eigenvalue weighted by molar-refractivity contribution is 5.85. The van der Waals surface area contributed by atoms with Gasteiger partial charge in [0.05, 0.1) is 6.04 Å². The summed E-state index contributed by atoms with van der Waals surface area (Å²) >= 11 is 0. The van der Waals surface area contributed by atoms with Gasteiger partial charge in [-0.1, -0.05) is 18.2 Å². The minimum atomic E-state index is -0.257. The second-order valence-electron chi connectivity index (χ2n) is 6.45. The number of ketones is 1. The van der Waals surface area contributed by atoms with Gasteiger partial charge in [0.15, 0.2) is 6.29 Å². The number of carbonyl (C=O) groups is 1. The van der Waals surface area contributed by atoms with Gasteiger partial charge in [0.2, 0.25) is 0 Å². The van der Waals surface area contributed by atoms with Gasteiger partial charge in [0.25, 0.3) is 0 Å². The average Bonchev–Trinajstić information content (AvgIpc) is 2.97. The Hall–Kier alpha value is -1.69. The summed E-state index contributed by atoms with van der Waals surface area (Å²) in [6.07, 6.45) is 2.06. The predicted octanol–water partition coefficient (Wildman–Crippen LogP) is 3.06. The van der Waals surface area contributed by atoms with E-state index in [1.165, 1.54) is 22.2 Å². The maximum Gasteiger partial charge on any atom is 0.158 e. The maximum absolute atomic E-state index is 11.4. The summed E-state index contributed by atoms with van der Waals surface area (Å²) < 4.78 is 10.9. The molecule has 2 aromatic rings. The first-order chi connectivity index (χ1) is 11.6. The van der Waals surface area contributed by atoms with Gasteiger partial charge in [-0.2, -0.15) is 0 Å². The molecule has 1 aromatic carbocycles. The quantitative estimate of drug-likeness (QED) is 0.793. The Morgan fingerprint density at radius 2 is 2.08 bits per heavy atom. The molecule has 0 saturated heterocycles. The van der Waals surface area contributed by atoms with E-state index in [1.54, 1.807) is 21.1 Å². The van der Waals surface area contributed by atoms with E-state index in [0.717, 1.165) is 25.9 Å². The Balaban J connectivity index is 1.94. The molecule has 0 aliphatic carbocycles. The van der Waals surface area contributed by atoms with E-state index in [9.17, 15) is 4.79 Å². The van der Waals surface area contributed by atoms with Crippen molar-refractivity contribution in [3.8, 4) is 0 Å². The molecule has 0 bridgehead atoms. The molecule has 1 aromatic heterocycles. The van der Waals surface area contributed by atoms with Crippen LogP contribution in [-0.2, 0) is 20.7 Å². The number of nitrogens with zero attached hydrogens (tertiary/aromatic N) is 1. The minimum Gasteiger partial charge on any atom is -0.357 e. The van der Waals surface area contributed by atoms with Crippen LogP contribution in [0.5, 0.6) is 0 Å². The molecule has 130 valence electrons. The summed E-state index contributed by atoms with van der Waals surface area (Å²) in [5, 5.41) is 1.30. The topological polar surface area (TPSA) is 54.6 Å². The summed E-state index contributed by atoms with van der Waals surface area (Å²) in [7, 11) is 3.34. The lowest BCUT2D eigenvalue weighted by Gasteiger charge is -2.37. The molecule has 2 heterocycles. The zero-order valence-corrected chi connectivity index (χ0v) is 14.7. The largest absolute Gasteiger partial charge is 0.357 e. The molecule has 1 N–H and O–H groups in total. The standard InChI is InChI=1S/C19H26N2O3/c1-13(22)8-10-21-11-9-15-14-6-4-5-7-16(14)20-19(15)17(21)12-18(23-2)24-3/h4-7,17-18,20H,8-12H2,1-3H3. The second-order valence-corrected chi connectivity index (χ2v) is 6.45. The highest BCUT2D eigenvalue weighted by Gasteiger charge is 2.32. The first-order valence-electron chi connectivity index (χ1n) is 8.52. The zero-order valence-electron chi connectivity index (χ0n) is 14.7. The van der Waals surface area contributed by atoms with Crippen molar-refractivity contribution >= 4 is 16.7 Å². The third-order valence-corrected chi connectivity index (χ3v) is 4.96. The molecular formula is C19H26N2O3. The minimum absolute atomic E-state index is 0.172. The van der Waals surface area contributed by atoms with Crippen molar-refractivity contribution in [2.24, 2.45) is 0 Å². The van der Waals surface area contributed by atoms with Crippen molar-refractivity contribution in [1.29, 1.82) is 0 Å². The van der Waals surface area contributed by atoms with Crippen molar-refractivity contribution in [2.45, 2.75) is 38.5 Å². The molecule has 0 saturated carbocycles. The van der Waals surface area contributed by atoms with Crippen LogP contribution in [-0.4, -0.2) is 49.3 Å². The molecule has 1 unspecified atom stereocenters. The van der Waals surface area contributed by atoms with Crippen molar-refractivity contribution in [1.82, 2.24) is 9.88 Å². The predicted molar refractivity (Wildman–Crippen MR) is 94.0 cm³/mol. The van der Waals surface area contributed by atoms with E-state index in [0.29, 0.717) is 6.42 Å². The van der Waals surface area contributed by atoms with Crippen molar-refractivity contribution in [3.05, 3.63) is 35.5 Å². The number of hydrogen-bond acceptors (Lipinski definition) is 4. The fourth-order valence-corrected chi connectivity index (χ4v) is 3.68. The number of rotatable bonds is 7. The lowest BCUT2D eigenvalue weighted by Crippen LogP contribution is -2.39. The smallest absolute Gasteiger partial charge is 0.158 e. The van der Waals surface area contributed by atoms with Crippen LogP contribution in [0.3, 0.4) is 0 Å². The Labute approximate surface area is 142 Å². The Bertz CT molecular complexity index is 706. The summed E-state index contributed by atoms with van der Waals surface area (Å²) in [5.74, 6) is 0.228. The molecule has 1 aliphatic heterocycles. The summed E-state index contributed by atoms with van der Waals surface area (Å²) in [6, 6.07) is 8.61. The van der Waals surface area contributed by atoms with Crippen LogP contribution < -0.4 is 0 Å². The van der Waals surface area contributed by atoms with E-state index in [-0.39, 0.29) is 18.1 Å². The van der Waals surface area contributed by atoms with Crippen LogP contribution in [0.2, 0.25) is 0 Å². The van der Waals surface area contributed by atoms with Gasteiger partial charge in [-0.25, -0.2) is 0 Å². The lowest BCUT2D eigenvalue weighted by molar-refractivity contribution is -0.121. The number of Topliss-reactive ketones (excluding diaryl/α,β-unsaturated/α-hetero) is 1. The van der Waals surface area contributed by atoms with E-state index in [4.69, 9.17) is 9.47 Å². The fraction of sp³-hybridized carbons (Fsp3) is 0.526. The molecule has 0 amide bonds. The molecule has 0 fully saturated rings. The molecule has 5 heteroatoms. The van der Waals surface area contributed by atoms with Crippen LogP contribution in [0.25, 0.3) is 10.9 Å². The average molecular weight is 330 g/mol. The van der Waals surface area contributed by atoms with Gasteiger partial charge in [-0.15, -0.1) is 0 Å². The fourth-order valence-electron chi connectivity index (χ4n) is 3.68. The van der Waals surface area contributed by atoms with E-state index in [1.807, 2.05) is 0 Å². The highest BCUT2D eigenvalue weighted by atomic mass is 16.7. The third-order valence-electron chi connectivity index (χ3n) is 4.96. The molecule has 1 aliphatic rings. The van der Waals surface area contributed by atoms with Gasteiger partial charge in [0, 0.05) is 56.7 Å². The molecule has 5 nitrogen and oxygen atoms in total. The zero-order chi connectivity index (χ0) is 17.1. The van der Waals surface area contributed by atoms with Gasteiger partial charge in [-0.3, -0.25) is 9.69 Å². The van der Waals surface area contributed by atoms with Crippen LogP contribution in [0.4, 0.5) is 0 Å². The Morgan fingerprint density at radius 3 is 2.79 bits per heavy atom. The summed E-state index contributed by atoms with van der Waals surface area (Å²) in [4.78, 5) is 17.4. The number of benzene rings is 1. The van der Waals surface area contributed by atoms with Crippen molar-refractivity contribution in [3.63, 3.8) is 0 Å². The number of nitrogens with one attached hydrogen (secondary N) is 1. The molecule has 0 radical (unpaired) electrons. The molecule has 24 heavy (non-hydrogen) atoms. The number of carbonyl (C=O) groups excluding carboxylic acids is 1. The number of ether oxygens (including phenoxy) is 2. The SMILES string of the molecule is COC(CC1c2[nH]c3ccccc3c2CCN1CCC(C)=O)OC. The van der Waals surface area contributed by atoms with Gasteiger partial charge in [-0.05, 0) is 25.0 Å². The van der Waals surface area contributed by atoms with Crippen molar-refractivity contribution in [2.75, 3.05) is 27.3 Å². The number of aromatic amines is 1. The monoisotopic (exact) mass is 330 g/mol. The van der Waals surface area contributed by atoms with Crippen LogP contribution in [0.1, 0.15) is 37.1 Å². The van der Waals surface area contributed by atoms with Gasteiger partial charge >= 0.3 is 0 Å². The number of fused-ring (bicyclic) bond motifs is 3. The summed E-state index contributed by atoms with van der Waals surface area (Å²) in [6.45, 7) is 3.38. The number of methoxy groups -OCH3 is 2. The molecule has 0 spiro atoms. The molecule has 3 rings (SSSR count). The van der Waals surface area contributed by atoms with Gasteiger partial charge in [0.1, 0.15) is 5.78 Å². The number of para-hydroxylation sites is 1. The highest BCUT2D eigenvalue weighted by Crippen LogP contribution is 2.37. The van der Waals surface area contributed by atoms with E-state index >= 15 is 0 Å². The van der Waals surface area contributed by atoms with Crippen LogP contribution in [0, 0.1) is 0 Å². The van der Waals surface area contributed by atoms with Crippen molar-refractivity contribution < 1.29 is 14.3 Å². The number of H-pyrrole nitrogens is 1. The van der Waals surface area contributed by atoms with Crippen LogP contribution in [0.15, 0.2) is 24.3 Å². The van der Waals surface area contributed by atoms with Gasteiger partial charge < -0.3 is 14.5 Å². The Morgan fingerprint density at radius 1 is 1.33 bits per heavy atom.